The highest BCUT2D eigenvalue weighted by atomic mass is 16.5. The van der Waals surface area contributed by atoms with Crippen molar-refractivity contribution in [2.45, 2.75) is 32.6 Å². The number of hydrogen-bond acceptors (Lipinski definition) is 2. The van der Waals surface area contributed by atoms with Crippen molar-refractivity contribution in [3.05, 3.63) is 84.1 Å². The zero-order chi connectivity index (χ0) is 19.3. The van der Waals surface area contributed by atoms with E-state index in [0.29, 0.717) is 11.7 Å². The Bertz CT molecular complexity index is 1050. The van der Waals surface area contributed by atoms with E-state index in [4.69, 9.17) is 4.74 Å². The van der Waals surface area contributed by atoms with Gasteiger partial charge < -0.3 is 9.53 Å². The minimum absolute atomic E-state index is 0.320. The molecule has 0 saturated heterocycles. The van der Waals surface area contributed by atoms with E-state index < -0.39 is 0 Å². The monoisotopic (exact) mass is 370 g/mol. The molecule has 0 saturated carbocycles. The molecule has 1 aliphatic carbocycles. The molecule has 0 fully saturated rings. The van der Waals surface area contributed by atoms with Crippen LogP contribution in [0.25, 0.3) is 21.5 Å². The second kappa shape index (κ2) is 8.43. The molecular formula is C26H26O2. The maximum absolute atomic E-state index is 11.4. The number of ketones is 1. The van der Waals surface area contributed by atoms with Crippen LogP contribution in [0.5, 0.6) is 0 Å². The number of fused-ring (bicyclic) bond motifs is 5. The van der Waals surface area contributed by atoms with Crippen LogP contribution >= 0.6 is 0 Å². The van der Waals surface area contributed by atoms with E-state index in [1.807, 2.05) is 18.2 Å². The van der Waals surface area contributed by atoms with Gasteiger partial charge in [0.05, 0.1) is 6.26 Å². The smallest absolute Gasteiger partial charge is 0.130 e. The third kappa shape index (κ3) is 4.01. The Morgan fingerprint density at radius 1 is 1.00 bits per heavy atom. The summed E-state index contributed by atoms with van der Waals surface area (Å²) in [4.78, 5) is 11.4. The Morgan fingerprint density at radius 3 is 2.57 bits per heavy atom. The van der Waals surface area contributed by atoms with Crippen LogP contribution < -0.4 is 0 Å². The summed E-state index contributed by atoms with van der Waals surface area (Å²) in [5.41, 5.74) is 2.95. The van der Waals surface area contributed by atoms with Gasteiger partial charge in [0.2, 0.25) is 0 Å². The van der Waals surface area contributed by atoms with Crippen LogP contribution in [0.3, 0.4) is 0 Å². The van der Waals surface area contributed by atoms with Crippen LogP contribution in [-0.2, 0) is 22.4 Å². The largest absolute Gasteiger partial charge is 0.497 e. The van der Waals surface area contributed by atoms with E-state index in [1.54, 1.807) is 13.2 Å². The lowest BCUT2D eigenvalue weighted by Crippen LogP contribution is -2.17. The van der Waals surface area contributed by atoms with Crippen LogP contribution in [0.15, 0.2) is 73.0 Å². The van der Waals surface area contributed by atoms with E-state index in [0.717, 1.165) is 32.3 Å². The Hall–Kier alpha value is -2.87. The molecule has 0 spiro atoms. The van der Waals surface area contributed by atoms with Crippen molar-refractivity contribution in [3.63, 3.8) is 0 Å². The summed E-state index contributed by atoms with van der Waals surface area (Å²) in [6.07, 6.45) is 11.5. The fourth-order valence-corrected chi connectivity index (χ4v) is 4.37. The summed E-state index contributed by atoms with van der Waals surface area (Å²) in [6, 6.07) is 17.7. The van der Waals surface area contributed by atoms with E-state index in [9.17, 15) is 4.79 Å². The Balaban J connectivity index is 0.000000275. The predicted molar refractivity (Wildman–Crippen MR) is 116 cm³/mol. The molecule has 1 unspecified atom stereocenters. The van der Waals surface area contributed by atoms with Gasteiger partial charge >= 0.3 is 0 Å². The lowest BCUT2D eigenvalue weighted by molar-refractivity contribution is -0.117. The first-order valence-corrected chi connectivity index (χ1v) is 10.1. The lowest BCUT2D eigenvalue weighted by atomic mass is 9.79. The number of carbonyl (C=O) groups excluding carboxylic acids is 1. The maximum Gasteiger partial charge on any atom is 0.130 e. The molecule has 3 aromatic carbocycles. The molecule has 3 aromatic rings. The highest BCUT2D eigenvalue weighted by molar-refractivity contribution is 6.08. The van der Waals surface area contributed by atoms with E-state index >= 15 is 0 Å². The fraction of sp³-hybridized carbons (Fsp3) is 0.269. The minimum atomic E-state index is 0.320. The molecule has 2 heteroatoms. The Kier molecular flexibility index (Phi) is 5.57. The number of Topliss-reactive ketones (excluding diaryl/α,β-unsaturated/α-hetero) is 1. The fourth-order valence-electron chi connectivity index (χ4n) is 4.37. The van der Waals surface area contributed by atoms with Gasteiger partial charge in [-0.25, -0.2) is 0 Å². The number of ether oxygens (including phenoxy) is 1. The number of hydrogen-bond donors (Lipinski definition) is 0. The zero-order valence-corrected chi connectivity index (χ0v) is 16.4. The summed E-state index contributed by atoms with van der Waals surface area (Å²) >= 11 is 0. The van der Waals surface area contributed by atoms with Gasteiger partial charge in [-0.3, -0.25) is 0 Å². The summed E-state index contributed by atoms with van der Waals surface area (Å²) in [5, 5.41) is 5.41. The molecule has 2 aliphatic rings. The van der Waals surface area contributed by atoms with E-state index in [-0.39, 0.29) is 0 Å². The molecule has 2 nitrogen and oxygen atoms in total. The Morgan fingerprint density at radius 2 is 1.86 bits per heavy atom. The normalized spacial score (nSPS) is 17.5. The number of allylic oxidation sites excluding steroid dienone is 2. The van der Waals surface area contributed by atoms with Crippen molar-refractivity contribution in [3.8, 4) is 0 Å². The first-order valence-electron chi connectivity index (χ1n) is 10.1. The molecule has 1 heterocycles. The molecule has 1 atom stereocenters. The topological polar surface area (TPSA) is 26.3 Å². The number of aryl methyl sites for hydroxylation is 1. The summed E-state index contributed by atoms with van der Waals surface area (Å²) < 4.78 is 4.80. The average molecular weight is 370 g/mol. The first kappa shape index (κ1) is 18.5. The van der Waals surface area contributed by atoms with Crippen molar-refractivity contribution in [2.75, 3.05) is 6.61 Å². The van der Waals surface area contributed by atoms with Crippen molar-refractivity contribution in [1.29, 1.82) is 0 Å². The second-order valence-electron chi connectivity index (χ2n) is 7.69. The number of benzene rings is 3. The van der Waals surface area contributed by atoms with Gasteiger partial charge in [-0.2, -0.15) is 0 Å². The molecule has 0 radical (unpaired) electrons. The van der Waals surface area contributed by atoms with Gasteiger partial charge in [0.15, 0.2) is 0 Å². The highest BCUT2D eigenvalue weighted by Crippen LogP contribution is 2.35. The predicted octanol–water partition coefficient (Wildman–Crippen LogP) is 6.16. The van der Waals surface area contributed by atoms with Crippen molar-refractivity contribution in [2.24, 2.45) is 5.92 Å². The van der Waals surface area contributed by atoms with Gasteiger partial charge in [0.25, 0.3) is 0 Å². The van der Waals surface area contributed by atoms with Crippen molar-refractivity contribution < 1.29 is 9.53 Å². The molecule has 0 amide bonds. The minimum Gasteiger partial charge on any atom is -0.497 e. The third-order valence-electron chi connectivity index (χ3n) is 5.64. The highest BCUT2D eigenvalue weighted by Gasteiger charge is 2.21. The van der Waals surface area contributed by atoms with Crippen LogP contribution in [0.2, 0.25) is 0 Å². The third-order valence-corrected chi connectivity index (χ3v) is 5.64. The standard InChI is InChI=1S/C21H20O.C5H6O/c1-14(22)12-15-6-9-19-17(13-15)8-11-20-18-5-3-2-4-16(18)7-10-21(19)20;1-2-4-6-5-3-1/h2-5,7-8,10-11,15H,6,9,12-13H2,1H3;1-4H,5H2. The molecule has 142 valence electrons. The van der Waals surface area contributed by atoms with Gasteiger partial charge in [0, 0.05) is 6.42 Å². The number of carbonyl (C=O) groups is 1. The molecule has 28 heavy (non-hydrogen) atoms. The average Bonchev–Trinajstić information content (AvgIpc) is 2.74. The lowest BCUT2D eigenvalue weighted by Gasteiger charge is -2.25. The van der Waals surface area contributed by atoms with Gasteiger partial charge in [-0.15, -0.1) is 0 Å². The van der Waals surface area contributed by atoms with Gasteiger partial charge in [-0.1, -0.05) is 54.6 Å². The first-order chi connectivity index (χ1) is 13.7. The molecule has 5 rings (SSSR count). The van der Waals surface area contributed by atoms with Gasteiger partial charge in [-0.05, 0) is 76.9 Å². The summed E-state index contributed by atoms with van der Waals surface area (Å²) in [7, 11) is 0. The van der Waals surface area contributed by atoms with Gasteiger partial charge in [0.1, 0.15) is 12.4 Å². The Labute approximate surface area is 166 Å². The summed E-state index contributed by atoms with van der Waals surface area (Å²) in [5.74, 6) is 0.850. The molecule has 0 bridgehead atoms. The van der Waals surface area contributed by atoms with Crippen LogP contribution in [-0.4, -0.2) is 12.4 Å². The number of rotatable bonds is 2. The van der Waals surface area contributed by atoms with Crippen LogP contribution in [0.4, 0.5) is 0 Å². The van der Waals surface area contributed by atoms with Crippen molar-refractivity contribution >= 4 is 27.3 Å². The van der Waals surface area contributed by atoms with Crippen LogP contribution in [0, 0.1) is 5.92 Å². The molecular weight excluding hydrogens is 344 g/mol. The maximum atomic E-state index is 11.4. The van der Waals surface area contributed by atoms with Crippen molar-refractivity contribution in [1.82, 2.24) is 0 Å². The molecule has 1 aliphatic heterocycles. The molecule has 0 aromatic heterocycles. The second-order valence-corrected chi connectivity index (χ2v) is 7.69. The SMILES string of the molecule is C1=CCOC=C1.CC(=O)CC1CCc2c(ccc3c2ccc2ccccc23)C1. The van der Waals surface area contributed by atoms with E-state index in [1.165, 1.54) is 32.7 Å². The quantitative estimate of drug-likeness (QED) is 0.505. The van der Waals surface area contributed by atoms with E-state index in [2.05, 4.69) is 48.5 Å². The molecule has 0 N–H and O–H groups in total. The van der Waals surface area contributed by atoms with Crippen LogP contribution in [0.1, 0.15) is 30.9 Å². The summed E-state index contributed by atoms with van der Waals surface area (Å²) in [6.45, 7) is 2.44. The zero-order valence-electron chi connectivity index (χ0n) is 16.4.